The van der Waals surface area contributed by atoms with E-state index in [1.165, 1.54) is 27.4 Å². The molecular formula is C30H38N2O8. The Hall–Kier alpha value is -4.05. The molecule has 0 spiro atoms. The van der Waals surface area contributed by atoms with Crippen molar-refractivity contribution in [3.63, 3.8) is 0 Å². The summed E-state index contributed by atoms with van der Waals surface area (Å²) < 4.78 is 26.9. The van der Waals surface area contributed by atoms with Gasteiger partial charge >= 0.3 is 12.1 Å². The molecule has 10 heteroatoms. The maximum Gasteiger partial charge on any atom is 0.411 e. The van der Waals surface area contributed by atoms with Gasteiger partial charge in [-0.2, -0.15) is 0 Å². The molecule has 0 bridgehead atoms. The molecule has 0 radical (unpaired) electrons. The molecular weight excluding hydrogens is 516 g/mol. The van der Waals surface area contributed by atoms with Gasteiger partial charge in [-0.1, -0.05) is 31.2 Å². The number of aryl methyl sites for hydroxylation is 1. The average molecular weight is 555 g/mol. The first-order valence-electron chi connectivity index (χ1n) is 13.3. The Kier molecular flexibility index (Phi) is 11.8. The van der Waals surface area contributed by atoms with E-state index in [0.717, 1.165) is 24.9 Å². The summed E-state index contributed by atoms with van der Waals surface area (Å²) in [4.78, 5) is 38.1. The minimum absolute atomic E-state index is 0.00805. The van der Waals surface area contributed by atoms with Crippen LogP contribution in [0.25, 0.3) is 0 Å². The van der Waals surface area contributed by atoms with Crippen LogP contribution < -0.4 is 24.8 Å². The predicted molar refractivity (Wildman–Crippen MR) is 150 cm³/mol. The van der Waals surface area contributed by atoms with Crippen molar-refractivity contribution in [3.05, 3.63) is 60.2 Å². The van der Waals surface area contributed by atoms with Crippen molar-refractivity contribution in [1.29, 1.82) is 0 Å². The van der Waals surface area contributed by atoms with Gasteiger partial charge in [0.05, 0.1) is 21.3 Å². The fraction of sp³-hybridized carbons (Fsp3) is 0.433. The summed E-state index contributed by atoms with van der Waals surface area (Å²) in [7, 11) is 4.46. The van der Waals surface area contributed by atoms with Crippen molar-refractivity contribution >= 4 is 23.5 Å². The lowest BCUT2D eigenvalue weighted by Crippen LogP contribution is -2.43. The van der Waals surface area contributed by atoms with Crippen LogP contribution in [0.4, 0.5) is 10.5 Å². The first kappa shape index (κ1) is 30.5. The summed E-state index contributed by atoms with van der Waals surface area (Å²) in [6, 6.07) is 10.1. The van der Waals surface area contributed by atoms with E-state index in [1.54, 1.807) is 24.3 Å². The van der Waals surface area contributed by atoms with E-state index in [0.29, 0.717) is 47.8 Å². The number of carbonyl (C=O) groups is 3. The number of benzene rings is 2. The topological polar surface area (TPSA) is 121 Å². The largest absolute Gasteiger partial charge is 0.493 e. The maximum absolute atomic E-state index is 13.4. The van der Waals surface area contributed by atoms with E-state index < -0.39 is 12.2 Å². The second-order valence-corrected chi connectivity index (χ2v) is 9.35. The molecule has 1 fully saturated rings. The molecule has 1 amide bonds. The Morgan fingerprint density at radius 3 is 2.33 bits per heavy atom. The van der Waals surface area contributed by atoms with Gasteiger partial charge in [0.2, 0.25) is 5.75 Å². The van der Waals surface area contributed by atoms with Gasteiger partial charge in [0, 0.05) is 17.7 Å². The average Bonchev–Trinajstić information content (AvgIpc) is 2.98. The Morgan fingerprint density at radius 2 is 1.75 bits per heavy atom. The number of piperidine rings is 1. The van der Waals surface area contributed by atoms with Gasteiger partial charge in [-0.3, -0.25) is 14.9 Å². The van der Waals surface area contributed by atoms with Gasteiger partial charge in [-0.05, 0) is 62.1 Å². The van der Waals surface area contributed by atoms with Crippen molar-refractivity contribution in [1.82, 2.24) is 5.32 Å². The van der Waals surface area contributed by atoms with Crippen LogP contribution in [-0.2, 0) is 20.7 Å². The van der Waals surface area contributed by atoms with Crippen LogP contribution in [0.3, 0.4) is 0 Å². The molecule has 2 aromatic rings. The number of amides is 1. The predicted octanol–water partition coefficient (Wildman–Crippen LogP) is 4.71. The number of Topliss-reactive ketones (excluding diaryl/α,β-unsaturated/α-hetero) is 1. The number of esters is 1. The van der Waals surface area contributed by atoms with Crippen LogP contribution >= 0.6 is 0 Å². The Bertz CT molecular complexity index is 1130. The standard InChI is InChI=1S/C30H38N2O8/c1-5-16-39-30(35)32-22-12-9-20(10-13-22)11-14-23(40-29(34)24-8-6-7-15-31-24)19-25(33)21-17-26(36-2)28(38-4)27(18-21)37-3/h5,9-10,12-13,17-18,23-24,31H,1,6-8,11,14-16,19H2,2-4H3,(H,32,35)/t23?,24-/m0/s1. The number of hydrogen-bond acceptors (Lipinski definition) is 9. The Labute approximate surface area is 235 Å². The van der Waals surface area contributed by atoms with Crippen molar-refractivity contribution in [2.24, 2.45) is 0 Å². The summed E-state index contributed by atoms with van der Waals surface area (Å²) in [6.07, 6.45) is 3.93. The fourth-order valence-corrected chi connectivity index (χ4v) is 4.44. The number of ketones is 1. The van der Waals surface area contributed by atoms with Crippen LogP contribution in [0, 0.1) is 0 Å². The molecule has 2 atom stereocenters. The van der Waals surface area contributed by atoms with E-state index in [9.17, 15) is 14.4 Å². The number of hydrogen-bond donors (Lipinski definition) is 2. The Morgan fingerprint density at radius 1 is 1.05 bits per heavy atom. The number of nitrogens with one attached hydrogen (secondary N) is 2. The third-order valence-corrected chi connectivity index (χ3v) is 6.57. The van der Waals surface area contributed by atoms with E-state index in [-0.39, 0.29) is 30.8 Å². The zero-order chi connectivity index (χ0) is 28.9. The van der Waals surface area contributed by atoms with E-state index in [4.69, 9.17) is 23.7 Å². The fourth-order valence-electron chi connectivity index (χ4n) is 4.44. The summed E-state index contributed by atoms with van der Waals surface area (Å²) in [5.74, 6) is 0.561. The van der Waals surface area contributed by atoms with Crippen molar-refractivity contribution < 1.29 is 38.1 Å². The lowest BCUT2D eigenvalue weighted by Gasteiger charge is -2.25. The lowest BCUT2D eigenvalue weighted by molar-refractivity contribution is -0.152. The van der Waals surface area contributed by atoms with Crippen LogP contribution in [0.2, 0.25) is 0 Å². The van der Waals surface area contributed by atoms with E-state index >= 15 is 0 Å². The quantitative estimate of drug-likeness (QED) is 0.194. The van der Waals surface area contributed by atoms with Crippen LogP contribution in [-0.4, -0.2) is 64.5 Å². The first-order valence-corrected chi connectivity index (χ1v) is 13.3. The smallest absolute Gasteiger partial charge is 0.411 e. The minimum atomic E-state index is -0.644. The number of methoxy groups -OCH3 is 3. The summed E-state index contributed by atoms with van der Waals surface area (Å²) >= 11 is 0. The summed E-state index contributed by atoms with van der Waals surface area (Å²) in [5, 5.41) is 5.85. The molecule has 0 saturated carbocycles. The molecule has 216 valence electrons. The van der Waals surface area contributed by atoms with Crippen molar-refractivity contribution in [3.8, 4) is 17.2 Å². The molecule has 1 unspecified atom stereocenters. The summed E-state index contributed by atoms with van der Waals surface area (Å²) in [6.45, 7) is 4.39. The SMILES string of the molecule is C=CCOC(=O)Nc1ccc(CCC(CC(=O)c2cc(OC)c(OC)c(OC)c2)OC(=O)[C@@H]2CCCCN2)cc1. The van der Waals surface area contributed by atoms with Crippen LogP contribution in [0.5, 0.6) is 17.2 Å². The molecule has 2 N–H and O–H groups in total. The van der Waals surface area contributed by atoms with Crippen molar-refractivity contribution in [2.45, 2.75) is 50.7 Å². The lowest BCUT2D eigenvalue weighted by atomic mass is 9.99. The monoisotopic (exact) mass is 554 g/mol. The highest BCUT2D eigenvalue weighted by Crippen LogP contribution is 2.38. The molecule has 1 saturated heterocycles. The van der Waals surface area contributed by atoms with Gasteiger partial charge in [-0.15, -0.1) is 0 Å². The van der Waals surface area contributed by atoms with Crippen LogP contribution in [0.1, 0.15) is 48.0 Å². The van der Waals surface area contributed by atoms with Gasteiger partial charge < -0.3 is 29.0 Å². The minimum Gasteiger partial charge on any atom is -0.493 e. The zero-order valence-electron chi connectivity index (χ0n) is 23.3. The third kappa shape index (κ3) is 8.74. The maximum atomic E-state index is 13.4. The van der Waals surface area contributed by atoms with Gasteiger partial charge in [0.1, 0.15) is 18.8 Å². The van der Waals surface area contributed by atoms with E-state index in [1.807, 2.05) is 12.1 Å². The molecule has 0 aliphatic carbocycles. The second kappa shape index (κ2) is 15.5. The molecule has 3 rings (SSSR count). The highest BCUT2D eigenvalue weighted by molar-refractivity contribution is 5.98. The second-order valence-electron chi connectivity index (χ2n) is 9.35. The molecule has 0 aromatic heterocycles. The highest BCUT2D eigenvalue weighted by Gasteiger charge is 2.27. The first-order chi connectivity index (χ1) is 19.4. The Balaban J connectivity index is 1.71. The van der Waals surface area contributed by atoms with Gasteiger partial charge in [0.15, 0.2) is 17.3 Å². The van der Waals surface area contributed by atoms with Crippen molar-refractivity contribution in [2.75, 3.05) is 39.8 Å². The highest BCUT2D eigenvalue weighted by atomic mass is 16.6. The number of ether oxygens (including phenoxy) is 5. The molecule has 1 aliphatic heterocycles. The molecule has 1 aliphatic rings. The molecule has 10 nitrogen and oxygen atoms in total. The number of rotatable bonds is 14. The molecule has 40 heavy (non-hydrogen) atoms. The van der Waals surface area contributed by atoms with Gasteiger partial charge in [0.25, 0.3) is 0 Å². The van der Waals surface area contributed by atoms with Gasteiger partial charge in [-0.25, -0.2) is 4.79 Å². The third-order valence-electron chi connectivity index (χ3n) is 6.57. The normalized spacial score (nSPS) is 15.3. The zero-order valence-corrected chi connectivity index (χ0v) is 23.3. The number of anilines is 1. The molecule has 2 aromatic carbocycles. The summed E-state index contributed by atoms with van der Waals surface area (Å²) in [5.41, 5.74) is 1.91. The van der Waals surface area contributed by atoms with E-state index in [2.05, 4.69) is 17.2 Å². The molecule has 1 heterocycles. The number of carbonyl (C=O) groups excluding carboxylic acids is 3. The van der Waals surface area contributed by atoms with Crippen LogP contribution in [0.15, 0.2) is 49.1 Å².